The van der Waals surface area contributed by atoms with Crippen molar-refractivity contribution >= 4 is 34.9 Å². The fraction of sp³-hybridized carbons (Fsp3) is 0.484. The van der Waals surface area contributed by atoms with Crippen molar-refractivity contribution in [3.8, 4) is 11.1 Å². The lowest BCUT2D eigenvalue weighted by Gasteiger charge is -2.59. The van der Waals surface area contributed by atoms with Crippen molar-refractivity contribution in [3.63, 3.8) is 0 Å². The summed E-state index contributed by atoms with van der Waals surface area (Å²) in [6.45, 7) is 4.13. The molecule has 1 aromatic carbocycles. The van der Waals surface area contributed by atoms with E-state index >= 15 is 0 Å². The van der Waals surface area contributed by atoms with Crippen molar-refractivity contribution in [2.75, 3.05) is 5.75 Å². The lowest BCUT2D eigenvalue weighted by Crippen LogP contribution is -2.61. The van der Waals surface area contributed by atoms with Gasteiger partial charge in [-0.1, -0.05) is 61.0 Å². The van der Waals surface area contributed by atoms with Crippen LogP contribution >= 0.6 is 23.4 Å². The van der Waals surface area contributed by atoms with Crippen LogP contribution in [0.5, 0.6) is 0 Å². The smallest absolute Gasteiger partial charge is 0.187 e. The van der Waals surface area contributed by atoms with Crippen LogP contribution in [0.1, 0.15) is 46.0 Å². The Morgan fingerprint density at radius 2 is 1.85 bits per heavy atom. The summed E-state index contributed by atoms with van der Waals surface area (Å²) in [5.74, 6) is 0.136. The summed E-state index contributed by atoms with van der Waals surface area (Å²) in [6, 6.07) is 7.44. The molecule has 0 radical (unpaired) electrons. The highest BCUT2D eigenvalue weighted by molar-refractivity contribution is 7.99. The predicted molar refractivity (Wildman–Crippen MR) is 151 cm³/mol. The lowest BCUT2D eigenvalue weighted by molar-refractivity contribution is -0.174. The molecule has 6 nitrogen and oxygen atoms in total. The quantitative estimate of drug-likeness (QED) is 0.367. The summed E-state index contributed by atoms with van der Waals surface area (Å²) >= 11 is 7.21. The maximum absolute atomic E-state index is 13.6. The molecule has 5 unspecified atom stereocenters. The lowest BCUT2D eigenvalue weighted by atomic mass is 9.46. The number of hydrogen-bond donors (Lipinski definition) is 2. The SMILES string of the molecule is CC12C=CC(=O)C=C1CCC1C2[C@@H](O)CC2(C)C1CC[C@]2(O)C(=O)CSc1ncc(-c2ccc(Cl)cc2)cn1. The Morgan fingerprint density at radius 3 is 2.56 bits per heavy atom. The maximum Gasteiger partial charge on any atom is 0.187 e. The van der Waals surface area contributed by atoms with E-state index in [9.17, 15) is 19.8 Å². The molecule has 6 rings (SSSR count). The van der Waals surface area contributed by atoms with Crippen LogP contribution in [0.2, 0.25) is 5.02 Å². The largest absolute Gasteiger partial charge is 0.393 e. The van der Waals surface area contributed by atoms with E-state index in [4.69, 9.17) is 11.6 Å². The average molecular weight is 565 g/mol. The van der Waals surface area contributed by atoms with Gasteiger partial charge in [-0.3, -0.25) is 9.59 Å². The van der Waals surface area contributed by atoms with Crippen molar-refractivity contribution in [1.29, 1.82) is 0 Å². The molecule has 2 N–H and O–H groups in total. The van der Waals surface area contributed by atoms with Gasteiger partial charge in [0.25, 0.3) is 0 Å². The van der Waals surface area contributed by atoms with Crippen molar-refractivity contribution in [3.05, 3.63) is 65.5 Å². The summed E-state index contributed by atoms with van der Waals surface area (Å²) in [7, 11) is 0. The molecule has 39 heavy (non-hydrogen) atoms. The van der Waals surface area contributed by atoms with E-state index in [0.29, 0.717) is 23.0 Å². The fourth-order valence-electron chi connectivity index (χ4n) is 8.22. The number of benzene rings is 1. The zero-order valence-corrected chi connectivity index (χ0v) is 23.7. The third kappa shape index (κ3) is 4.24. The van der Waals surface area contributed by atoms with Crippen molar-refractivity contribution in [2.24, 2.45) is 28.6 Å². The van der Waals surface area contributed by atoms with Gasteiger partial charge >= 0.3 is 0 Å². The molecule has 3 fully saturated rings. The maximum atomic E-state index is 13.6. The number of aromatic nitrogens is 2. The van der Waals surface area contributed by atoms with Crippen LogP contribution in [-0.2, 0) is 9.59 Å². The minimum absolute atomic E-state index is 0.0120. The van der Waals surface area contributed by atoms with E-state index in [1.807, 2.05) is 37.3 Å². The summed E-state index contributed by atoms with van der Waals surface area (Å²) < 4.78 is 0. The van der Waals surface area contributed by atoms with Gasteiger partial charge in [0.1, 0.15) is 5.60 Å². The first-order valence-corrected chi connectivity index (χ1v) is 15.0. The van der Waals surface area contributed by atoms with Gasteiger partial charge in [0, 0.05) is 39.7 Å². The number of carbonyl (C=O) groups excluding carboxylic acids is 2. The zero-order chi connectivity index (χ0) is 27.6. The van der Waals surface area contributed by atoms with E-state index < -0.39 is 17.1 Å². The van der Waals surface area contributed by atoms with Gasteiger partial charge in [0.05, 0.1) is 11.9 Å². The minimum atomic E-state index is -1.50. The van der Waals surface area contributed by atoms with Crippen LogP contribution in [-0.4, -0.2) is 49.2 Å². The summed E-state index contributed by atoms with van der Waals surface area (Å²) in [5, 5.41) is 24.6. The van der Waals surface area contributed by atoms with Gasteiger partial charge < -0.3 is 10.2 Å². The Hall–Kier alpha value is -2.32. The number of allylic oxidation sites excluding steroid dienone is 4. The summed E-state index contributed by atoms with van der Waals surface area (Å²) in [6.07, 6.45) is 11.3. The van der Waals surface area contributed by atoms with Crippen LogP contribution in [0.4, 0.5) is 0 Å². The second-order valence-electron chi connectivity index (χ2n) is 12.1. The molecular weight excluding hydrogens is 532 g/mol. The van der Waals surface area contributed by atoms with Gasteiger partial charge in [0.15, 0.2) is 16.7 Å². The van der Waals surface area contributed by atoms with Gasteiger partial charge in [-0.15, -0.1) is 0 Å². The molecule has 3 saturated carbocycles. The van der Waals surface area contributed by atoms with E-state index in [2.05, 4.69) is 16.9 Å². The first kappa shape index (κ1) is 26.9. The Balaban J connectivity index is 1.18. The normalized spacial score (nSPS) is 37.1. The van der Waals surface area contributed by atoms with Crippen molar-refractivity contribution < 1.29 is 19.8 Å². The molecule has 4 aliphatic rings. The number of Topliss-reactive ketones (excluding diaryl/α,β-unsaturated/α-hetero) is 1. The number of carbonyl (C=O) groups is 2. The number of aliphatic hydroxyl groups excluding tert-OH is 1. The Labute approximate surface area is 238 Å². The number of nitrogens with zero attached hydrogens (tertiary/aromatic N) is 2. The van der Waals surface area contributed by atoms with Gasteiger partial charge in [-0.2, -0.15) is 0 Å². The minimum Gasteiger partial charge on any atom is -0.393 e. The van der Waals surface area contributed by atoms with E-state index in [1.54, 1.807) is 24.5 Å². The Kier molecular flexibility index (Phi) is 6.65. The van der Waals surface area contributed by atoms with Crippen molar-refractivity contribution in [2.45, 2.75) is 62.8 Å². The van der Waals surface area contributed by atoms with Gasteiger partial charge in [-0.25, -0.2) is 9.97 Å². The molecule has 8 heteroatoms. The molecule has 2 aromatic rings. The number of aliphatic hydroxyl groups is 2. The average Bonchev–Trinajstić information content (AvgIpc) is 3.19. The predicted octanol–water partition coefficient (Wildman–Crippen LogP) is 5.47. The number of rotatable bonds is 5. The molecule has 204 valence electrons. The van der Waals surface area contributed by atoms with Gasteiger partial charge in [-0.05, 0) is 73.8 Å². The third-order valence-corrected chi connectivity index (χ3v) is 11.4. The molecule has 7 atom stereocenters. The molecule has 0 aliphatic heterocycles. The molecule has 0 saturated heterocycles. The number of thioether (sulfide) groups is 1. The summed E-state index contributed by atoms with van der Waals surface area (Å²) in [4.78, 5) is 34.5. The second-order valence-corrected chi connectivity index (χ2v) is 13.5. The van der Waals surface area contributed by atoms with E-state index in [0.717, 1.165) is 36.0 Å². The number of ketones is 2. The van der Waals surface area contributed by atoms with Crippen LogP contribution in [0.15, 0.2) is 65.6 Å². The van der Waals surface area contributed by atoms with Crippen molar-refractivity contribution in [1.82, 2.24) is 9.97 Å². The standard InChI is InChI=1S/C31H33ClN2O4S/c1-29-11-9-22(35)13-20(29)5-8-23-24-10-12-31(38,30(24,2)14-25(36)27(23)29)26(37)17-39-28-33-15-19(16-34-28)18-3-6-21(32)7-4-18/h3-4,6-7,9,11,13,15-16,23-25,27,36,38H,5,8,10,12,14,17H2,1-2H3/t23?,24?,25-,27?,29?,30?,31-/m0/s1. The first-order chi connectivity index (χ1) is 18.5. The van der Waals surface area contributed by atoms with Gasteiger partial charge in [0.2, 0.25) is 0 Å². The molecule has 0 spiro atoms. The molecule has 0 amide bonds. The topological polar surface area (TPSA) is 100 Å². The molecule has 4 aliphatic carbocycles. The van der Waals surface area contributed by atoms with E-state index in [-0.39, 0.29) is 40.5 Å². The second kappa shape index (κ2) is 9.65. The van der Waals surface area contributed by atoms with Crippen LogP contribution in [0.3, 0.4) is 0 Å². The highest BCUT2D eigenvalue weighted by atomic mass is 35.5. The molecule has 1 aromatic heterocycles. The number of fused-ring (bicyclic) bond motifs is 5. The van der Waals surface area contributed by atoms with Crippen LogP contribution in [0.25, 0.3) is 11.1 Å². The fourth-order valence-corrected chi connectivity index (χ4v) is 9.10. The molecular formula is C31H33ClN2O4S. The highest BCUT2D eigenvalue weighted by Crippen LogP contribution is 2.67. The summed E-state index contributed by atoms with van der Waals surface area (Å²) in [5.41, 5.74) is 0.324. The highest BCUT2D eigenvalue weighted by Gasteiger charge is 2.68. The third-order valence-electron chi connectivity index (χ3n) is 10.2. The molecule has 1 heterocycles. The van der Waals surface area contributed by atoms with E-state index in [1.165, 1.54) is 11.8 Å². The zero-order valence-electron chi connectivity index (χ0n) is 22.1. The monoisotopic (exact) mass is 564 g/mol. The van der Waals surface area contributed by atoms with Crippen LogP contribution < -0.4 is 0 Å². The first-order valence-electron chi connectivity index (χ1n) is 13.6. The Morgan fingerprint density at radius 1 is 1.13 bits per heavy atom. The number of hydrogen-bond acceptors (Lipinski definition) is 7. The van der Waals surface area contributed by atoms with Crippen LogP contribution in [0, 0.1) is 28.6 Å². The Bertz CT molecular complexity index is 1380. The molecule has 0 bridgehead atoms. The number of halogens is 1.